The molecule has 1 aromatic heterocycles. The smallest absolute Gasteiger partial charge is 0.263 e. The highest BCUT2D eigenvalue weighted by atomic mass is 32.1. The molecule has 1 amide bonds. The molecular weight excluding hydrogens is 248 g/mol. The van der Waals surface area contributed by atoms with Gasteiger partial charge in [0.2, 0.25) is 0 Å². The number of Topliss-reactive ketones (excluding diaryl/α,β-unsaturated/α-hetero) is 1. The van der Waals surface area contributed by atoms with E-state index in [4.69, 9.17) is 5.73 Å². The van der Waals surface area contributed by atoms with Gasteiger partial charge in [-0.1, -0.05) is 6.92 Å². The van der Waals surface area contributed by atoms with Crippen LogP contribution in [0.3, 0.4) is 0 Å². The Kier molecular flexibility index (Phi) is 3.54. The zero-order chi connectivity index (χ0) is 13.3. The second-order valence-corrected chi connectivity index (χ2v) is 6.16. The molecule has 0 radical (unpaired) electrons. The normalized spacial score (nSPS) is 23.4. The van der Waals surface area contributed by atoms with Crippen molar-refractivity contribution in [3.8, 4) is 0 Å². The average Bonchev–Trinajstić information content (AvgIpc) is 2.95. The first-order chi connectivity index (χ1) is 8.45. The molecule has 0 aromatic carbocycles. The van der Waals surface area contributed by atoms with Crippen LogP contribution in [-0.4, -0.2) is 36.2 Å². The van der Waals surface area contributed by atoms with Crippen molar-refractivity contribution < 1.29 is 9.59 Å². The Bertz CT molecular complexity index is 483. The summed E-state index contributed by atoms with van der Waals surface area (Å²) >= 11 is 1.34. The van der Waals surface area contributed by atoms with Gasteiger partial charge >= 0.3 is 0 Å². The maximum absolute atomic E-state index is 12.3. The molecule has 4 nitrogen and oxygen atoms in total. The number of thiophene rings is 1. The summed E-state index contributed by atoms with van der Waals surface area (Å²) < 4.78 is 0. The molecule has 18 heavy (non-hydrogen) atoms. The molecule has 1 fully saturated rings. The van der Waals surface area contributed by atoms with E-state index in [2.05, 4.69) is 6.92 Å². The third-order valence-electron chi connectivity index (χ3n) is 3.55. The fourth-order valence-electron chi connectivity index (χ4n) is 2.15. The molecule has 1 aromatic rings. The summed E-state index contributed by atoms with van der Waals surface area (Å²) in [5.74, 6) is 0.0168. The van der Waals surface area contributed by atoms with Gasteiger partial charge in [0, 0.05) is 24.0 Å². The molecule has 1 unspecified atom stereocenters. The van der Waals surface area contributed by atoms with Crippen molar-refractivity contribution in [1.82, 2.24) is 4.90 Å². The van der Waals surface area contributed by atoms with Gasteiger partial charge in [0.25, 0.3) is 5.91 Å². The summed E-state index contributed by atoms with van der Waals surface area (Å²) in [4.78, 5) is 26.0. The van der Waals surface area contributed by atoms with E-state index in [0.717, 1.165) is 13.0 Å². The number of nitrogens with zero attached hydrogens (tertiary/aromatic N) is 1. The van der Waals surface area contributed by atoms with Crippen molar-refractivity contribution in [3.63, 3.8) is 0 Å². The van der Waals surface area contributed by atoms with Crippen LogP contribution in [0.2, 0.25) is 0 Å². The Morgan fingerprint density at radius 1 is 1.56 bits per heavy atom. The van der Waals surface area contributed by atoms with Crippen LogP contribution in [0.5, 0.6) is 0 Å². The predicted octanol–water partition coefficient (Wildman–Crippen LogP) is 1.76. The second-order valence-electron chi connectivity index (χ2n) is 5.25. The number of likely N-dealkylation sites (tertiary alicyclic amines) is 1. The standard InChI is InChI=1S/C13H18N2O2S/c1-9(16)10-5-11(18-6-10)12(17)15-4-3-13(2,7-14)8-15/h5-6H,3-4,7-8,14H2,1-2H3. The van der Waals surface area contributed by atoms with Gasteiger partial charge in [-0.15, -0.1) is 11.3 Å². The maximum Gasteiger partial charge on any atom is 0.263 e. The zero-order valence-electron chi connectivity index (χ0n) is 10.7. The highest BCUT2D eigenvalue weighted by molar-refractivity contribution is 7.12. The Hall–Kier alpha value is -1.20. The highest BCUT2D eigenvalue weighted by Crippen LogP contribution is 2.30. The number of hydrogen-bond donors (Lipinski definition) is 1. The Labute approximate surface area is 111 Å². The SMILES string of the molecule is CC(=O)c1csc(C(=O)N2CCC(C)(CN)C2)c1. The van der Waals surface area contributed by atoms with E-state index in [1.54, 1.807) is 11.4 Å². The van der Waals surface area contributed by atoms with Crippen LogP contribution in [0.4, 0.5) is 0 Å². The number of ketones is 1. The molecule has 98 valence electrons. The molecule has 1 atom stereocenters. The predicted molar refractivity (Wildman–Crippen MR) is 72.0 cm³/mol. The first-order valence-electron chi connectivity index (χ1n) is 6.04. The molecule has 0 spiro atoms. The molecule has 1 aliphatic rings. The summed E-state index contributed by atoms with van der Waals surface area (Å²) in [5, 5.41) is 1.74. The molecule has 0 aliphatic carbocycles. The molecule has 5 heteroatoms. The topological polar surface area (TPSA) is 63.4 Å². The van der Waals surface area contributed by atoms with E-state index in [0.29, 0.717) is 23.5 Å². The van der Waals surface area contributed by atoms with Gasteiger partial charge in [-0.25, -0.2) is 0 Å². The van der Waals surface area contributed by atoms with Gasteiger partial charge in [-0.05, 0) is 31.4 Å². The quantitative estimate of drug-likeness (QED) is 0.848. The number of rotatable bonds is 3. The fourth-order valence-corrected chi connectivity index (χ4v) is 3.07. The Morgan fingerprint density at radius 3 is 2.78 bits per heavy atom. The van der Waals surface area contributed by atoms with E-state index < -0.39 is 0 Å². The molecular formula is C13H18N2O2S. The van der Waals surface area contributed by atoms with Crippen molar-refractivity contribution in [2.45, 2.75) is 20.3 Å². The lowest BCUT2D eigenvalue weighted by atomic mass is 9.90. The lowest BCUT2D eigenvalue weighted by Crippen LogP contribution is -2.34. The van der Waals surface area contributed by atoms with Gasteiger partial charge in [-0.3, -0.25) is 9.59 Å². The van der Waals surface area contributed by atoms with E-state index in [1.807, 2.05) is 4.90 Å². The van der Waals surface area contributed by atoms with Gasteiger partial charge in [0.05, 0.1) is 4.88 Å². The molecule has 1 saturated heterocycles. The van der Waals surface area contributed by atoms with Crippen LogP contribution < -0.4 is 5.73 Å². The highest BCUT2D eigenvalue weighted by Gasteiger charge is 2.35. The van der Waals surface area contributed by atoms with Crippen molar-refractivity contribution in [2.24, 2.45) is 11.1 Å². The number of carbonyl (C=O) groups is 2. The number of amides is 1. The Morgan fingerprint density at radius 2 is 2.28 bits per heavy atom. The summed E-state index contributed by atoms with van der Waals surface area (Å²) in [7, 11) is 0. The zero-order valence-corrected chi connectivity index (χ0v) is 11.5. The molecule has 2 heterocycles. The first kappa shape index (κ1) is 13.2. The first-order valence-corrected chi connectivity index (χ1v) is 6.92. The summed E-state index contributed by atoms with van der Waals surface area (Å²) in [6.07, 6.45) is 0.945. The van der Waals surface area contributed by atoms with Crippen molar-refractivity contribution in [2.75, 3.05) is 19.6 Å². The minimum Gasteiger partial charge on any atom is -0.337 e. The minimum absolute atomic E-state index is 0.00137. The monoisotopic (exact) mass is 266 g/mol. The third kappa shape index (κ3) is 2.47. The van der Waals surface area contributed by atoms with Crippen LogP contribution >= 0.6 is 11.3 Å². The summed E-state index contributed by atoms with van der Waals surface area (Å²) in [5.41, 5.74) is 6.39. The molecule has 2 N–H and O–H groups in total. The van der Waals surface area contributed by atoms with Crippen LogP contribution in [0, 0.1) is 5.41 Å². The van der Waals surface area contributed by atoms with Crippen LogP contribution in [0.25, 0.3) is 0 Å². The summed E-state index contributed by atoms with van der Waals surface area (Å²) in [6, 6.07) is 1.69. The Balaban J connectivity index is 2.10. The average molecular weight is 266 g/mol. The van der Waals surface area contributed by atoms with Crippen molar-refractivity contribution >= 4 is 23.0 Å². The van der Waals surface area contributed by atoms with Crippen LogP contribution in [0.1, 0.15) is 40.3 Å². The molecule has 2 rings (SSSR count). The van der Waals surface area contributed by atoms with E-state index >= 15 is 0 Å². The third-order valence-corrected chi connectivity index (χ3v) is 4.47. The largest absolute Gasteiger partial charge is 0.337 e. The van der Waals surface area contributed by atoms with Gasteiger partial charge in [-0.2, -0.15) is 0 Å². The van der Waals surface area contributed by atoms with Crippen molar-refractivity contribution in [3.05, 3.63) is 21.9 Å². The minimum atomic E-state index is -0.00137. The van der Waals surface area contributed by atoms with Gasteiger partial charge < -0.3 is 10.6 Å². The lowest BCUT2D eigenvalue weighted by molar-refractivity contribution is 0.0781. The lowest BCUT2D eigenvalue weighted by Gasteiger charge is -2.22. The maximum atomic E-state index is 12.3. The number of hydrogen-bond acceptors (Lipinski definition) is 4. The van der Waals surface area contributed by atoms with Crippen molar-refractivity contribution in [1.29, 1.82) is 0 Å². The number of nitrogens with two attached hydrogens (primary N) is 1. The fraction of sp³-hybridized carbons (Fsp3) is 0.538. The molecule has 0 saturated carbocycles. The van der Waals surface area contributed by atoms with Crippen LogP contribution in [-0.2, 0) is 0 Å². The molecule has 1 aliphatic heterocycles. The molecule has 0 bridgehead atoms. The van der Waals surface area contributed by atoms with Gasteiger partial charge in [0.15, 0.2) is 5.78 Å². The van der Waals surface area contributed by atoms with Gasteiger partial charge in [0.1, 0.15) is 0 Å². The van der Waals surface area contributed by atoms with E-state index in [-0.39, 0.29) is 17.1 Å². The summed E-state index contributed by atoms with van der Waals surface area (Å²) in [6.45, 7) is 5.67. The van der Waals surface area contributed by atoms with E-state index in [9.17, 15) is 9.59 Å². The second kappa shape index (κ2) is 4.82. The number of carbonyl (C=O) groups excluding carboxylic acids is 2. The van der Waals surface area contributed by atoms with E-state index in [1.165, 1.54) is 18.3 Å². The van der Waals surface area contributed by atoms with Crippen LogP contribution in [0.15, 0.2) is 11.4 Å².